The van der Waals surface area contributed by atoms with E-state index in [9.17, 15) is 9.59 Å². The zero-order valence-electron chi connectivity index (χ0n) is 10.8. The molecule has 5 heteroatoms. The molecule has 1 aliphatic rings. The van der Waals surface area contributed by atoms with Gasteiger partial charge in [-0.15, -0.1) is 0 Å². The van der Waals surface area contributed by atoms with Gasteiger partial charge in [-0.25, -0.2) is 0 Å². The minimum absolute atomic E-state index is 0.0693. The summed E-state index contributed by atoms with van der Waals surface area (Å²) in [6.45, 7) is 5.57. The molecule has 0 radical (unpaired) electrons. The second-order valence-electron chi connectivity index (χ2n) is 4.75. The topological polar surface area (TPSA) is 70.2 Å². The minimum atomic E-state index is -0.496. The fourth-order valence-corrected chi connectivity index (χ4v) is 1.91. The van der Waals surface area contributed by atoms with Crippen LogP contribution >= 0.6 is 0 Å². The second-order valence-corrected chi connectivity index (χ2v) is 4.75. The summed E-state index contributed by atoms with van der Waals surface area (Å²) in [5.74, 6) is -0.200. The molecule has 0 aromatic heterocycles. The maximum Gasteiger partial charge on any atom is 0.240 e. The predicted octanol–water partition coefficient (Wildman–Crippen LogP) is 0.161. The molecule has 1 fully saturated rings. The summed E-state index contributed by atoms with van der Waals surface area (Å²) in [6.07, 6.45) is 3.86. The first-order valence-electron chi connectivity index (χ1n) is 6.38. The SMILES string of the molecule is CCCCNC(=O)CNC(=O)C1(C)CCCN1. The molecule has 0 aromatic carbocycles. The molecule has 0 saturated carbocycles. The van der Waals surface area contributed by atoms with Gasteiger partial charge >= 0.3 is 0 Å². The van der Waals surface area contributed by atoms with Crippen molar-refractivity contribution in [1.82, 2.24) is 16.0 Å². The van der Waals surface area contributed by atoms with E-state index in [0.29, 0.717) is 6.54 Å². The maximum absolute atomic E-state index is 11.8. The smallest absolute Gasteiger partial charge is 0.240 e. The molecule has 17 heavy (non-hydrogen) atoms. The van der Waals surface area contributed by atoms with Crippen LogP contribution < -0.4 is 16.0 Å². The van der Waals surface area contributed by atoms with Crippen LogP contribution in [0.1, 0.15) is 39.5 Å². The summed E-state index contributed by atoms with van der Waals surface area (Å²) in [4.78, 5) is 23.2. The summed E-state index contributed by atoms with van der Waals surface area (Å²) in [5.41, 5.74) is -0.496. The van der Waals surface area contributed by atoms with Crippen molar-refractivity contribution in [2.45, 2.75) is 45.1 Å². The average Bonchev–Trinajstić information content (AvgIpc) is 2.75. The molecule has 98 valence electrons. The molecule has 0 bridgehead atoms. The molecule has 0 aliphatic carbocycles. The predicted molar refractivity (Wildman–Crippen MR) is 66.6 cm³/mol. The van der Waals surface area contributed by atoms with Gasteiger partial charge in [0.2, 0.25) is 11.8 Å². The molecule has 1 heterocycles. The Morgan fingerprint density at radius 3 is 2.71 bits per heavy atom. The largest absolute Gasteiger partial charge is 0.355 e. The highest BCUT2D eigenvalue weighted by molar-refractivity contribution is 5.90. The van der Waals surface area contributed by atoms with Crippen molar-refractivity contribution >= 4 is 11.8 Å². The third kappa shape index (κ3) is 4.34. The molecular formula is C12H23N3O2. The van der Waals surface area contributed by atoms with Crippen LogP contribution in [0.3, 0.4) is 0 Å². The van der Waals surface area contributed by atoms with Gasteiger partial charge in [0.25, 0.3) is 0 Å². The molecule has 1 aliphatic heterocycles. The first-order valence-corrected chi connectivity index (χ1v) is 6.38. The van der Waals surface area contributed by atoms with Gasteiger partial charge in [0.1, 0.15) is 0 Å². The molecule has 2 amide bonds. The van der Waals surface area contributed by atoms with Crippen molar-refractivity contribution in [3.8, 4) is 0 Å². The van der Waals surface area contributed by atoms with Crippen LogP contribution in [0.2, 0.25) is 0 Å². The highest BCUT2D eigenvalue weighted by Crippen LogP contribution is 2.17. The fraction of sp³-hybridized carbons (Fsp3) is 0.833. The molecule has 1 unspecified atom stereocenters. The van der Waals surface area contributed by atoms with Crippen LogP contribution in [-0.4, -0.2) is 37.0 Å². The minimum Gasteiger partial charge on any atom is -0.355 e. The quantitative estimate of drug-likeness (QED) is 0.580. The van der Waals surface area contributed by atoms with E-state index in [1.807, 2.05) is 6.92 Å². The highest BCUT2D eigenvalue weighted by atomic mass is 16.2. The molecule has 0 spiro atoms. The number of rotatable bonds is 6. The number of carbonyl (C=O) groups excluding carboxylic acids is 2. The van der Waals surface area contributed by atoms with Gasteiger partial charge in [-0.3, -0.25) is 9.59 Å². The van der Waals surface area contributed by atoms with Crippen molar-refractivity contribution in [3.05, 3.63) is 0 Å². The Hall–Kier alpha value is -1.10. The summed E-state index contributed by atoms with van der Waals surface area (Å²) in [5, 5.41) is 8.61. The molecule has 5 nitrogen and oxygen atoms in total. The Bertz CT molecular complexity index is 273. The highest BCUT2D eigenvalue weighted by Gasteiger charge is 2.35. The number of hydrogen-bond acceptors (Lipinski definition) is 3. The summed E-state index contributed by atoms with van der Waals surface area (Å²) >= 11 is 0. The number of unbranched alkanes of at least 4 members (excludes halogenated alkanes) is 1. The average molecular weight is 241 g/mol. The molecule has 1 saturated heterocycles. The van der Waals surface area contributed by atoms with Gasteiger partial charge < -0.3 is 16.0 Å². The van der Waals surface area contributed by atoms with Crippen molar-refractivity contribution < 1.29 is 9.59 Å². The Morgan fingerprint density at radius 2 is 2.12 bits per heavy atom. The lowest BCUT2D eigenvalue weighted by molar-refractivity contribution is -0.129. The monoisotopic (exact) mass is 241 g/mol. The Balaban J connectivity index is 2.21. The zero-order valence-corrected chi connectivity index (χ0v) is 10.8. The van der Waals surface area contributed by atoms with Gasteiger partial charge in [0.15, 0.2) is 0 Å². The van der Waals surface area contributed by atoms with Gasteiger partial charge in [0, 0.05) is 6.54 Å². The number of amides is 2. The first kappa shape index (κ1) is 14.0. The normalized spacial score (nSPS) is 23.4. The van der Waals surface area contributed by atoms with E-state index in [4.69, 9.17) is 0 Å². The van der Waals surface area contributed by atoms with Crippen LogP contribution in [0.15, 0.2) is 0 Å². The van der Waals surface area contributed by atoms with E-state index < -0.39 is 5.54 Å². The van der Waals surface area contributed by atoms with E-state index >= 15 is 0 Å². The first-order chi connectivity index (χ1) is 8.08. The molecule has 3 N–H and O–H groups in total. The van der Waals surface area contributed by atoms with Crippen LogP contribution in [-0.2, 0) is 9.59 Å². The van der Waals surface area contributed by atoms with Crippen molar-refractivity contribution in [2.75, 3.05) is 19.6 Å². The zero-order chi connectivity index (χ0) is 12.7. The Kier molecular flexibility index (Phi) is 5.41. The van der Waals surface area contributed by atoms with Gasteiger partial charge in [-0.2, -0.15) is 0 Å². The number of nitrogens with one attached hydrogen (secondary N) is 3. The third-order valence-electron chi connectivity index (χ3n) is 3.13. The summed E-state index contributed by atoms with van der Waals surface area (Å²) in [6, 6.07) is 0. The number of carbonyl (C=O) groups is 2. The van der Waals surface area contributed by atoms with E-state index in [1.54, 1.807) is 0 Å². The van der Waals surface area contributed by atoms with Gasteiger partial charge in [0.05, 0.1) is 12.1 Å². The van der Waals surface area contributed by atoms with Gasteiger partial charge in [-0.1, -0.05) is 13.3 Å². The van der Waals surface area contributed by atoms with Crippen molar-refractivity contribution in [1.29, 1.82) is 0 Å². The Morgan fingerprint density at radius 1 is 1.35 bits per heavy atom. The van der Waals surface area contributed by atoms with E-state index in [-0.39, 0.29) is 18.4 Å². The van der Waals surface area contributed by atoms with E-state index in [1.165, 1.54) is 0 Å². The number of hydrogen-bond donors (Lipinski definition) is 3. The Labute approximate surface area is 103 Å². The summed E-state index contributed by atoms with van der Waals surface area (Å²) < 4.78 is 0. The van der Waals surface area contributed by atoms with Crippen LogP contribution in [0.5, 0.6) is 0 Å². The second kappa shape index (κ2) is 6.59. The lowest BCUT2D eigenvalue weighted by Gasteiger charge is -2.22. The summed E-state index contributed by atoms with van der Waals surface area (Å²) in [7, 11) is 0. The van der Waals surface area contributed by atoms with E-state index in [0.717, 1.165) is 32.2 Å². The molecular weight excluding hydrogens is 218 g/mol. The third-order valence-corrected chi connectivity index (χ3v) is 3.13. The lowest BCUT2D eigenvalue weighted by atomic mass is 9.99. The molecule has 1 atom stereocenters. The maximum atomic E-state index is 11.8. The standard InChI is InChI=1S/C12H23N3O2/c1-3-4-7-13-10(16)9-14-11(17)12(2)6-5-8-15-12/h15H,3-9H2,1-2H3,(H,13,16)(H,14,17). The van der Waals surface area contributed by atoms with Crippen molar-refractivity contribution in [3.63, 3.8) is 0 Å². The van der Waals surface area contributed by atoms with Crippen LogP contribution in [0, 0.1) is 0 Å². The van der Waals surface area contributed by atoms with Crippen molar-refractivity contribution in [2.24, 2.45) is 0 Å². The van der Waals surface area contributed by atoms with Gasteiger partial charge in [-0.05, 0) is 32.7 Å². The fourth-order valence-electron chi connectivity index (χ4n) is 1.91. The lowest BCUT2D eigenvalue weighted by Crippen LogP contribution is -2.53. The van der Waals surface area contributed by atoms with Crippen LogP contribution in [0.25, 0.3) is 0 Å². The molecule has 1 rings (SSSR count). The van der Waals surface area contributed by atoms with Crippen LogP contribution in [0.4, 0.5) is 0 Å². The van der Waals surface area contributed by atoms with E-state index in [2.05, 4.69) is 22.9 Å². The molecule has 0 aromatic rings.